The molecule has 1 saturated heterocycles. The molecule has 0 bridgehead atoms. The van der Waals surface area contributed by atoms with Gasteiger partial charge in [0.2, 0.25) is 0 Å². The molecule has 2 atom stereocenters. The maximum atomic E-state index is 5.80. The summed E-state index contributed by atoms with van der Waals surface area (Å²) in [5, 5.41) is 0. The van der Waals surface area contributed by atoms with Gasteiger partial charge in [0.1, 0.15) is 0 Å². The van der Waals surface area contributed by atoms with E-state index >= 15 is 0 Å². The normalized spacial score (nSPS) is 22.9. The van der Waals surface area contributed by atoms with Gasteiger partial charge in [-0.3, -0.25) is 0 Å². The van der Waals surface area contributed by atoms with Gasteiger partial charge < -0.3 is 22.8 Å². The third-order valence-corrected chi connectivity index (χ3v) is 5.72. The van der Waals surface area contributed by atoms with Crippen molar-refractivity contribution >= 4 is 8.80 Å². The highest BCUT2D eigenvalue weighted by Gasteiger charge is 2.54. The van der Waals surface area contributed by atoms with Crippen molar-refractivity contribution in [2.24, 2.45) is 0 Å². The van der Waals surface area contributed by atoms with Crippen LogP contribution in [0.25, 0.3) is 0 Å². The molecule has 1 aliphatic rings. The van der Waals surface area contributed by atoms with E-state index in [1.54, 1.807) is 21.3 Å². The smallest absolute Gasteiger partial charge is 0.375 e. The van der Waals surface area contributed by atoms with Crippen molar-refractivity contribution in [1.29, 1.82) is 0 Å². The first-order chi connectivity index (χ1) is 7.74. The van der Waals surface area contributed by atoms with Crippen LogP contribution in [-0.4, -0.2) is 55.2 Å². The van der Waals surface area contributed by atoms with Gasteiger partial charge in [-0.15, -0.1) is 0 Å². The summed E-state index contributed by atoms with van der Waals surface area (Å²) in [6, 6.07) is 0. The second-order valence-electron chi connectivity index (χ2n) is 3.71. The summed E-state index contributed by atoms with van der Waals surface area (Å²) in [6.07, 6.45) is 1.96. The second kappa shape index (κ2) is 6.68. The molecule has 0 spiro atoms. The Bertz CT molecular complexity index is 185. The zero-order chi connectivity index (χ0) is 12.0. The van der Waals surface area contributed by atoms with Crippen molar-refractivity contribution in [2.45, 2.75) is 31.6 Å². The van der Waals surface area contributed by atoms with E-state index in [2.05, 4.69) is 6.92 Å². The van der Waals surface area contributed by atoms with Gasteiger partial charge in [-0.2, -0.15) is 0 Å². The molecule has 0 radical (unpaired) electrons. The highest BCUT2D eigenvalue weighted by molar-refractivity contribution is 6.62. The molecule has 5 nitrogen and oxygen atoms in total. The van der Waals surface area contributed by atoms with Gasteiger partial charge in [0, 0.05) is 34.5 Å². The Kier molecular flexibility index (Phi) is 5.88. The van der Waals surface area contributed by atoms with E-state index in [4.69, 9.17) is 22.8 Å². The van der Waals surface area contributed by atoms with Gasteiger partial charge in [0.15, 0.2) is 5.73 Å². The van der Waals surface area contributed by atoms with E-state index in [0.29, 0.717) is 6.61 Å². The lowest BCUT2D eigenvalue weighted by atomic mass is 10.2. The van der Waals surface area contributed by atoms with Crippen LogP contribution in [0.3, 0.4) is 0 Å². The monoisotopic (exact) mass is 250 g/mol. The van der Waals surface area contributed by atoms with Crippen LogP contribution < -0.4 is 0 Å². The molecule has 1 fully saturated rings. The Balaban J connectivity index is 2.70. The number of rotatable bonds is 8. The molecule has 0 aromatic carbocycles. The van der Waals surface area contributed by atoms with Crippen LogP contribution in [0.1, 0.15) is 19.8 Å². The van der Waals surface area contributed by atoms with E-state index in [1.807, 2.05) is 0 Å². The first-order valence-corrected chi connectivity index (χ1v) is 7.43. The third kappa shape index (κ3) is 2.82. The molecule has 0 saturated carbocycles. The van der Waals surface area contributed by atoms with Gasteiger partial charge in [-0.05, 0) is 12.8 Å². The largest absolute Gasteiger partial charge is 0.533 e. The van der Waals surface area contributed by atoms with Crippen molar-refractivity contribution in [3.05, 3.63) is 0 Å². The fraction of sp³-hybridized carbons (Fsp3) is 1.00. The molecule has 0 N–H and O–H groups in total. The number of hydrogen-bond donors (Lipinski definition) is 0. The summed E-state index contributed by atoms with van der Waals surface area (Å²) >= 11 is 0. The molecule has 96 valence electrons. The van der Waals surface area contributed by atoms with Crippen molar-refractivity contribution in [2.75, 3.05) is 34.5 Å². The standard InChI is InChI=1S/C10H22O5Si/c1-5-7-15-10(9-6-8-14-9)16(11-2,12-3)13-4/h9-10H,5-8H2,1-4H3. The minimum Gasteiger partial charge on any atom is -0.375 e. The van der Waals surface area contributed by atoms with Crippen molar-refractivity contribution in [1.82, 2.24) is 0 Å². The topological polar surface area (TPSA) is 46.2 Å². The van der Waals surface area contributed by atoms with Crippen LogP contribution in [0.5, 0.6) is 0 Å². The predicted molar refractivity (Wildman–Crippen MR) is 61.2 cm³/mol. The summed E-state index contributed by atoms with van der Waals surface area (Å²) in [5.41, 5.74) is -0.221. The summed E-state index contributed by atoms with van der Waals surface area (Å²) in [4.78, 5) is 0. The minimum absolute atomic E-state index is 0.0399. The molecule has 1 aliphatic heterocycles. The van der Waals surface area contributed by atoms with Gasteiger partial charge >= 0.3 is 8.80 Å². The molecule has 0 amide bonds. The first kappa shape index (κ1) is 14.1. The average Bonchev–Trinajstić information content (AvgIpc) is 2.26. The van der Waals surface area contributed by atoms with Gasteiger partial charge in [-0.1, -0.05) is 6.92 Å². The molecule has 1 rings (SSSR count). The fourth-order valence-corrected chi connectivity index (χ4v) is 4.01. The van der Waals surface area contributed by atoms with E-state index in [1.165, 1.54) is 0 Å². The molecule has 0 aliphatic carbocycles. The quantitative estimate of drug-likeness (QED) is 0.601. The van der Waals surface area contributed by atoms with Crippen LogP contribution >= 0.6 is 0 Å². The molecule has 16 heavy (non-hydrogen) atoms. The number of hydrogen-bond acceptors (Lipinski definition) is 5. The highest BCUT2D eigenvalue weighted by Crippen LogP contribution is 2.26. The van der Waals surface area contributed by atoms with Gasteiger partial charge in [0.05, 0.1) is 6.10 Å². The lowest BCUT2D eigenvalue weighted by Gasteiger charge is -2.40. The Morgan fingerprint density at radius 2 is 1.81 bits per heavy atom. The van der Waals surface area contributed by atoms with E-state index in [9.17, 15) is 0 Å². The molecule has 6 heteroatoms. The zero-order valence-corrected chi connectivity index (χ0v) is 11.5. The second-order valence-corrected chi connectivity index (χ2v) is 6.71. The van der Waals surface area contributed by atoms with E-state index in [-0.39, 0.29) is 11.8 Å². The zero-order valence-electron chi connectivity index (χ0n) is 10.5. The summed E-state index contributed by atoms with van der Waals surface area (Å²) in [7, 11) is 2.03. The fourth-order valence-electron chi connectivity index (χ4n) is 1.77. The van der Waals surface area contributed by atoms with Crippen LogP contribution in [0.15, 0.2) is 0 Å². The SMILES string of the molecule is CCCOC(C1CCO1)[Si](OC)(OC)OC. The van der Waals surface area contributed by atoms with Crippen molar-refractivity contribution in [3.63, 3.8) is 0 Å². The van der Waals surface area contributed by atoms with Crippen LogP contribution in [0.2, 0.25) is 0 Å². The molecular weight excluding hydrogens is 228 g/mol. The Morgan fingerprint density at radius 1 is 1.25 bits per heavy atom. The Labute approximate surface area is 98.3 Å². The third-order valence-electron chi connectivity index (χ3n) is 2.78. The summed E-state index contributed by atoms with van der Waals surface area (Å²) in [5.74, 6) is 0. The molecule has 1 heterocycles. The van der Waals surface area contributed by atoms with E-state index < -0.39 is 8.80 Å². The summed E-state index contributed by atoms with van der Waals surface area (Å²) in [6.45, 7) is 3.50. The lowest BCUT2D eigenvalue weighted by molar-refractivity contribution is -0.134. The predicted octanol–water partition coefficient (Wildman–Crippen LogP) is 0.988. The number of ether oxygens (including phenoxy) is 2. The molecule has 0 aromatic heterocycles. The van der Waals surface area contributed by atoms with Gasteiger partial charge in [0.25, 0.3) is 0 Å². The highest BCUT2D eigenvalue weighted by atomic mass is 28.4. The maximum absolute atomic E-state index is 5.80. The van der Waals surface area contributed by atoms with Gasteiger partial charge in [-0.25, -0.2) is 0 Å². The minimum atomic E-state index is -2.76. The molecule has 0 aromatic rings. The van der Waals surface area contributed by atoms with E-state index in [0.717, 1.165) is 19.4 Å². The first-order valence-electron chi connectivity index (χ1n) is 5.62. The average molecular weight is 250 g/mol. The maximum Gasteiger partial charge on any atom is 0.533 e. The molecule has 2 unspecified atom stereocenters. The Hall–Kier alpha value is 0.0169. The summed E-state index contributed by atoms with van der Waals surface area (Å²) < 4.78 is 27.6. The Morgan fingerprint density at radius 3 is 2.12 bits per heavy atom. The van der Waals surface area contributed by atoms with Crippen LogP contribution in [0, 0.1) is 0 Å². The molecular formula is C10H22O5Si. The van der Waals surface area contributed by atoms with Crippen molar-refractivity contribution < 1.29 is 22.8 Å². The van der Waals surface area contributed by atoms with Crippen LogP contribution in [-0.2, 0) is 22.8 Å². The van der Waals surface area contributed by atoms with Crippen LogP contribution in [0.4, 0.5) is 0 Å². The lowest BCUT2D eigenvalue weighted by Crippen LogP contribution is -2.62. The van der Waals surface area contributed by atoms with Crippen molar-refractivity contribution in [3.8, 4) is 0 Å².